The van der Waals surface area contributed by atoms with Gasteiger partial charge in [-0.3, -0.25) is 4.57 Å². The van der Waals surface area contributed by atoms with Crippen molar-refractivity contribution in [1.29, 1.82) is 0 Å². The standard InChI is InChI=1S/C15H23N5O4/c1-16-14-13-15(18-7-17-14)20(8-19-13)12-5-4-11(23)10(22)3-2-9(21)6-24-12/h7-12,21-23H,2-6H2,1H3,(H,16,17,18)/t9?,10-,11+,12?/m0/s1. The first-order valence-corrected chi connectivity index (χ1v) is 8.11. The number of hydrogen-bond acceptors (Lipinski definition) is 8. The molecule has 0 bridgehead atoms. The highest BCUT2D eigenvalue weighted by molar-refractivity contribution is 5.82. The lowest BCUT2D eigenvalue weighted by Gasteiger charge is -2.26. The second-order valence-corrected chi connectivity index (χ2v) is 6.03. The number of ether oxygens (including phenoxy) is 1. The minimum atomic E-state index is -0.848. The van der Waals surface area contributed by atoms with Gasteiger partial charge in [-0.25, -0.2) is 15.0 Å². The summed E-state index contributed by atoms with van der Waals surface area (Å²) in [5, 5.41) is 32.9. The third-order valence-corrected chi connectivity index (χ3v) is 4.34. The summed E-state index contributed by atoms with van der Waals surface area (Å²) in [6.07, 6.45) is 1.82. The van der Waals surface area contributed by atoms with E-state index in [9.17, 15) is 15.3 Å². The molecule has 1 aliphatic heterocycles. The molecule has 3 rings (SSSR count). The Labute approximate surface area is 139 Å². The molecule has 0 spiro atoms. The maximum atomic E-state index is 10.0. The molecule has 2 aromatic heterocycles. The van der Waals surface area contributed by atoms with Crippen LogP contribution in [0.2, 0.25) is 0 Å². The normalized spacial score (nSPS) is 29.5. The van der Waals surface area contributed by atoms with Crippen LogP contribution in [0.5, 0.6) is 0 Å². The molecule has 2 unspecified atom stereocenters. The summed E-state index contributed by atoms with van der Waals surface area (Å²) in [4.78, 5) is 12.7. The Kier molecular flexibility index (Phi) is 5.24. The van der Waals surface area contributed by atoms with Gasteiger partial charge >= 0.3 is 0 Å². The van der Waals surface area contributed by atoms with Crippen LogP contribution in [-0.2, 0) is 4.74 Å². The molecule has 132 valence electrons. The molecule has 0 aromatic carbocycles. The van der Waals surface area contributed by atoms with Gasteiger partial charge in [-0.05, 0) is 25.7 Å². The van der Waals surface area contributed by atoms with Gasteiger partial charge in [-0.1, -0.05) is 0 Å². The number of aliphatic hydroxyl groups excluding tert-OH is 3. The van der Waals surface area contributed by atoms with Crippen LogP contribution in [0, 0.1) is 0 Å². The van der Waals surface area contributed by atoms with Gasteiger partial charge in [-0.2, -0.15) is 0 Å². The summed E-state index contributed by atoms with van der Waals surface area (Å²) in [6.45, 7) is 0.150. The second-order valence-electron chi connectivity index (χ2n) is 6.03. The fourth-order valence-corrected chi connectivity index (χ4v) is 2.92. The predicted octanol–water partition coefficient (Wildman–Crippen LogP) is 0.0399. The zero-order valence-corrected chi connectivity index (χ0v) is 13.5. The van der Waals surface area contributed by atoms with Crippen LogP contribution in [0.25, 0.3) is 11.2 Å². The maximum Gasteiger partial charge on any atom is 0.167 e. The molecular formula is C15H23N5O4. The van der Waals surface area contributed by atoms with E-state index in [0.29, 0.717) is 42.7 Å². The average Bonchev–Trinajstić information content (AvgIpc) is 3.02. The molecule has 24 heavy (non-hydrogen) atoms. The smallest absolute Gasteiger partial charge is 0.167 e. The fourth-order valence-electron chi connectivity index (χ4n) is 2.92. The SMILES string of the molecule is CNc1ncnc2c1ncn2C1CC[C@@H](O)[C@@H](O)CCC(O)CO1. The van der Waals surface area contributed by atoms with E-state index >= 15 is 0 Å². The molecule has 9 heteroatoms. The number of fused-ring (bicyclic) bond motifs is 1. The Balaban J connectivity index is 1.88. The van der Waals surface area contributed by atoms with Crippen molar-refractivity contribution in [1.82, 2.24) is 19.5 Å². The minimum absolute atomic E-state index is 0.150. The van der Waals surface area contributed by atoms with Crippen molar-refractivity contribution < 1.29 is 20.1 Å². The molecule has 1 aliphatic rings. The number of rotatable bonds is 2. The van der Waals surface area contributed by atoms with Gasteiger partial charge in [0, 0.05) is 7.05 Å². The third kappa shape index (κ3) is 3.48. The van der Waals surface area contributed by atoms with Crippen LogP contribution in [0.3, 0.4) is 0 Å². The number of imidazole rings is 1. The molecule has 0 saturated carbocycles. The largest absolute Gasteiger partial charge is 0.391 e. The van der Waals surface area contributed by atoms with Crippen molar-refractivity contribution in [2.24, 2.45) is 0 Å². The zero-order chi connectivity index (χ0) is 17.1. The molecule has 9 nitrogen and oxygen atoms in total. The van der Waals surface area contributed by atoms with Gasteiger partial charge in [0.05, 0.1) is 31.2 Å². The van der Waals surface area contributed by atoms with Crippen molar-refractivity contribution in [3.63, 3.8) is 0 Å². The van der Waals surface area contributed by atoms with Crippen molar-refractivity contribution >= 4 is 17.0 Å². The van der Waals surface area contributed by atoms with E-state index in [0.717, 1.165) is 0 Å². The van der Waals surface area contributed by atoms with Crippen molar-refractivity contribution in [2.45, 2.75) is 50.2 Å². The van der Waals surface area contributed by atoms with E-state index in [1.54, 1.807) is 17.9 Å². The van der Waals surface area contributed by atoms with Crippen LogP contribution >= 0.6 is 0 Å². The summed E-state index contributed by atoms with van der Waals surface area (Å²) in [5.74, 6) is 0.620. The van der Waals surface area contributed by atoms with E-state index in [2.05, 4.69) is 20.3 Å². The third-order valence-electron chi connectivity index (χ3n) is 4.34. The van der Waals surface area contributed by atoms with E-state index in [1.165, 1.54) is 6.33 Å². The first kappa shape index (κ1) is 17.0. The lowest BCUT2D eigenvalue weighted by atomic mass is 10.0. The highest BCUT2D eigenvalue weighted by atomic mass is 16.5. The van der Waals surface area contributed by atoms with Gasteiger partial charge in [-0.15, -0.1) is 0 Å². The molecule has 3 heterocycles. The number of aliphatic hydroxyl groups is 3. The topological polar surface area (TPSA) is 126 Å². The number of nitrogens with one attached hydrogen (secondary N) is 1. The van der Waals surface area contributed by atoms with Crippen molar-refractivity contribution in [2.75, 3.05) is 19.0 Å². The van der Waals surface area contributed by atoms with E-state index < -0.39 is 24.5 Å². The first-order valence-electron chi connectivity index (χ1n) is 8.11. The summed E-state index contributed by atoms with van der Waals surface area (Å²) in [6, 6.07) is 0. The van der Waals surface area contributed by atoms with Gasteiger partial charge < -0.3 is 25.4 Å². The Hall–Kier alpha value is -1.81. The monoisotopic (exact) mass is 337 g/mol. The lowest BCUT2D eigenvalue weighted by molar-refractivity contribution is -0.0762. The Morgan fingerprint density at radius 3 is 2.58 bits per heavy atom. The highest BCUT2D eigenvalue weighted by Gasteiger charge is 2.25. The average molecular weight is 337 g/mol. The van der Waals surface area contributed by atoms with Gasteiger partial charge in [0.25, 0.3) is 0 Å². The molecule has 0 radical (unpaired) electrons. The number of anilines is 1. The Morgan fingerprint density at radius 2 is 1.83 bits per heavy atom. The summed E-state index contributed by atoms with van der Waals surface area (Å²) in [7, 11) is 1.76. The molecule has 4 atom stereocenters. The summed E-state index contributed by atoms with van der Waals surface area (Å²) >= 11 is 0. The number of hydrogen-bond donors (Lipinski definition) is 4. The molecule has 1 saturated heterocycles. The zero-order valence-electron chi connectivity index (χ0n) is 13.5. The number of aromatic nitrogens is 4. The van der Waals surface area contributed by atoms with Crippen LogP contribution in [0.4, 0.5) is 5.82 Å². The number of nitrogens with zero attached hydrogens (tertiary/aromatic N) is 4. The van der Waals surface area contributed by atoms with E-state index in [4.69, 9.17) is 4.74 Å². The Bertz CT molecular complexity index is 679. The van der Waals surface area contributed by atoms with Crippen LogP contribution in [0.15, 0.2) is 12.7 Å². The van der Waals surface area contributed by atoms with Crippen LogP contribution in [0.1, 0.15) is 31.9 Å². The minimum Gasteiger partial charge on any atom is -0.391 e. The van der Waals surface area contributed by atoms with Gasteiger partial charge in [0.1, 0.15) is 18.1 Å². The van der Waals surface area contributed by atoms with E-state index in [-0.39, 0.29) is 6.61 Å². The molecule has 0 aliphatic carbocycles. The van der Waals surface area contributed by atoms with Crippen molar-refractivity contribution in [3.8, 4) is 0 Å². The molecule has 1 fully saturated rings. The van der Waals surface area contributed by atoms with Crippen molar-refractivity contribution in [3.05, 3.63) is 12.7 Å². The predicted molar refractivity (Wildman–Crippen MR) is 86.3 cm³/mol. The van der Waals surface area contributed by atoms with Crippen LogP contribution in [-0.4, -0.2) is 66.8 Å². The maximum absolute atomic E-state index is 10.0. The molecule has 4 N–H and O–H groups in total. The fraction of sp³-hybridized carbons (Fsp3) is 0.667. The molecule has 2 aromatic rings. The van der Waals surface area contributed by atoms with E-state index in [1.807, 2.05) is 0 Å². The highest BCUT2D eigenvalue weighted by Crippen LogP contribution is 2.26. The quantitative estimate of drug-likeness (QED) is 0.605. The Morgan fingerprint density at radius 1 is 1.08 bits per heavy atom. The lowest BCUT2D eigenvalue weighted by Crippen LogP contribution is -2.31. The molecule has 0 amide bonds. The summed E-state index contributed by atoms with van der Waals surface area (Å²) < 4.78 is 7.61. The summed E-state index contributed by atoms with van der Waals surface area (Å²) in [5.41, 5.74) is 1.24. The molecular weight excluding hydrogens is 314 g/mol. The second kappa shape index (κ2) is 7.39. The first-order chi connectivity index (χ1) is 11.6. The van der Waals surface area contributed by atoms with Crippen LogP contribution < -0.4 is 5.32 Å². The van der Waals surface area contributed by atoms with Gasteiger partial charge in [0.15, 0.2) is 11.5 Å². The van der Waals surface area contributed by atoms with Gasteiger partial charge in [0.2, 0.25) is 0 Å².